The second-order valence-corrected chi connectivity index (χ2v) is 21.1. The minimum atomic E-state index is -0.312. The Hall–Kier alpha value is -1.71. The van der Waals surface area contributed by atoms with E-state index in [0.29, 0.717) is 68.2 Å². The van der Waals surface area contributed by atoms with Crippen LogP contribution in [0.2, 0.25) is 0 Å². The lowest BCUT2D eigenvalue weighted by Crippen LogP contribution is -2.35. The number of rotatable bonds is 27. The fourth-order valence-corrected chi connectivity index (χ4v) is 10.3. The number of aliphatic hydroxyl groups excluding tert-OH is 4. The van der Waals surface area contributed by atoms with E-state index >= 15 is 0 Å². The number of ether oxygens (including phenoxy) is 6. The summed E-state index contributed by atoms with van der Waals surface area (Å²) < 4.78 is 31.8. The summed E-state index contributed by atoms with van der Waals surface area (Å²) in [5, 5.41) is 38.1. The second kappa shape index (κ2) is 40.7. The van der Waals surface area contributed by atoms with Crippen LogP contribution in [0.4, 0.5) is 0 Å². The summed E-state index contributed by atoms with van der Waals surface area (Å²) in [7, 11) is 6.76. The molecule has 4 N–H and O–H groups in total. The molecule has 0 aromatic heterocycles. The van der Waals surface area contributed by atoms with Crippen LogP contribution < -0.4 is 0 Å². The molecule has 4 rings (SSSR count). The van der Waals surface area contributed by atoms with Gasteiger partial charge in [-0.2, -0.15) is 0 Å². The van der Waals surface area contributed by atoms with Gasteiger partial charge in [-0.1, -0.05) is 52.9 Å². The molecule has 0 aliphatic heterocycles. The Labute approximate surface area is 420 Å². The van der Waals surface area contributed by atoms with Crippen LogP contribution in [0.1, 0.15) is 221 Å². The van der Waals surface area contributed by atoms with Gasteiger partial charge >= 0.3 is 11.9 Å². The molecule has 13 heteroatoms. The summed E-state index contributed by atoms with van der Waals surface area (Å²) in [5.74, 6) is 3.17. The minimum absolute atomic E-state index is 0.00110. The average molecular weight is 987 g/mol. The Kier molecular flexibility index (Phi) is 38.6. The summed E-state index contributed by atoms with van der Waals surface area (Å²) in [5.41, 5.74) is 0. The number of hydrogen-bond acceptors (Lipinski definition) is 13. The van der Waals surface area contributed by atoms with Gasteiger partial charge in [-0.05, 0) is 178 Å². The van der Waals surface area contributed by atoms with Gasteiger partial charge in [-0.3, -0.25) is 9.59 Å². The van der Waals surface area contributed by atoms with Crippen LogP contribution in [0, 0.1) is 29.6 Å². The highest BCUT2D eigenvalue weighted by Crippen LogP contribution is 2.33. The van der Waals surface area contributed by atoms with Crippen LogP contribution in [-0.4, -0.2) is 129 Å². The van der Waals surface area contributed by atoms with E-state index in [4.69, 9.17) is 28.4 Å². The number of hydrogen-bond donors (Lipinski definition) is 4. The molecule has 0 aromatic carbocycles. The Balaban J connectivity index is 0.000000467. The quantitative estimate of drug-likeness (QED) is 0.0450. The zero-order valence-corrected chi connectivity index (χ0v) is 45.4. The lowest BCUT2D eigenvalue weighted by molar-refractivity contribution is -0.146. The molecule has 0 radical (unpaired) electrons. The van der Waals surface area contributed by atoms with E-state index in [9.17, 15) is 34.8 Å². The Bertz CT molecular complexity index is 1260. The van der Waals surface area contributed by atoms with Gasteiger partial charge in [0.05, 0.1) is 62.0 Å². The molecule has 4 saturated carbocycles. The number of carbonyl (C=O) groups excluding carboxylic acids is 3. The molecule has 4 fully saturated rings. The molecule has 0 bridgehead atoms. The van der Waals surface area contributed by atoms with Gasteiger partial charge in [0.15, 0.2) is 0 Å². The Morgan fingerprint density at radius 1 is 0.522 bits per heavy atom. The van der Waals surface area contributed by atoms with E-state index < -0.39 is 0 Å². The standard InChI is InChI=1S/C18H34O3.C16H30O4.C11H22O3.C11H20O3/c1-4-6-7-15(5-2)14-21-18(19)13-10-16-8-11-17(20-3)12-9-16;1-3-4-5-8-16(18)20-11-6-7-13-9-10-14(17)15(12-13)19-2;2*1-8(12)3-4-9-5-6-10(13)11(7-9)14-2/h15-17H,4-14H2,1-3H3;13-15,17H,3-12H2,1-2H3;8-13H,3-7H2,1-2H3;9-11,13H,3-7H2,1-2H3. The average Bonchev–Trinajstić information content (AvgIpc) is 3.35. The van der Waals surface area contributed by atoms with Crippen molar-refractivity contribution in [3.05, 3.63) is 0 Å². The predicted molar refractivity (Wildman–Crippen MR) is 274 cm³/mol. The Morgan fingerprint density at radius 3 is 1.46 bits per heavy atom. The van der Waals surface area contributed by atoms with Gasteiger partial charge in [0.1, 0.15) is 5.78 Å². The Morgan fingerprint density at radius 2 is 1.00 bits per heavy atom. The maximum absolute atomic E-state index is 11.9. The fourth-order valence-electron chi connectivity index (χ4n) is 10.3. The topological polar surface area (TPSA) is 188 Å². The third-order valence-electron chi connectivity index (χ3n) is 15.3. The second-order valence-electron chi connectivity index (χ2n) is 21.1. The van der Waals surface area contributed by atoms with Crippen molar-refractivity contribution in [2.45, 2.75) is 270 Å². The first-order chi connectivity index (χ1) is 33.1. The van der Waals surface area contributed by atoms with Gasteiger partial charge in [0, 0.05) is 47.7 Å². The van der Waals surface area contributed by atoms with Gasteiger partial charge in [-0.15, -0.1) is 0 Å². The molecule has 11 atom stereocenters. The number of Topliss-reactive ketones (excluding diaryl/α,β-unsaturated/α-hetero) is 1. The normalized spacial score (nSPS) is 28.8. The molecule has 0 heterocycles. The molecule has 408 valence electrons. The van der Waals surface area contributed by atoms with E-state index in [0.717, 1.165) is 135 Å². The van der Waals surface area contributed by atoms with Crippen molar-refractivity contribution < 1.29 is 63.2 Å². The van der Waals surface area contributed by atoms with Crippen molar-refractivity contribution in [1.29, 1.82) is 0 Å². The number of ketones is 1. The molecule has 0 amide bonds. The van der Waals surface area contributed by atoms with Gasteiger partial charge in [0.2, 0.25) is 0 Å². The van der Waals surface area contributed by atoms with Crippen LogP contribution >= 0.6 is 0 Å². The molecule has 11 unspecified atom stereocenters. The van der Waals surface area contributed by atoms with E-state index in [1.54, 1.807) is 35.4 Å². The van der Waals surface area contributed by atoms with E-state index in [2.05, 4.69) is 20.8 Å². The summed E-state index contributed by atoms with van der Waals surface area (Å²) in [6.45, 7) is 11.1. The molecular weight excluding hydrogens is 881 g/mol. The summed E-state index contributed by atoms with van der Waals surface area (Å²) in [6.07, 6.45) is 27.8. The van der Waals surface area contributed by atoms with E-state index in [1.165, 1.54) is 32.1 Å². The fraction of sp³-hybridized carbons (Fsp3) is 0.946. The molecule has 0 saturated heterocycles. The zero-order chi connectivity index (χ0) is 51.4. The zero-order valence-electron chi connectivity index (χ0n) is 45.4. The highest BCUT2D eigenvalue weighted by Gasteiger charge is 2.31. The molecule has 69 heavy (non-hydrogen) atoms. The summed E-state index contributed by atoms with van der Waals surface area (Å²) in [4.78, 5) is 34.1. The first-order valence-corrected chi connectivity index (χ1v) is 27.8. The summed E-state index contributed by atoms with van der Waals surface area (Å²) in [6, 6.07) is 0. The molecule has 4 aliphatic rings. The van der Waals surface area contributed by atoms with Crippen LogP contribution in [-0.2, 0) is 42.8 Å². The van der Waals surface area contributed by atoms with Crippen molar-refractivity contribution in [2.75, 3.05) is 41.7 Å². The van der Waals surface area contributed by atoms with Gasteiger partial charge in [-0.25, -0.2) is 0 Å². The molecule has 4 aliphatic carbocycles. The SMILES string of the molecule is CCCCC(CC)COC(=O)CCC1CCC(OC)CC1.CCCCCC(=O)OCCCC1CCC(O)C(OC)C1.COC1CC(CCC(C)=O)CCC1O.COC1CC(CCC(C)O)CCC1O. The van der Waals surface area contributed by atoms with Crippen LogP contribution in [0.25, 0.3) is 0 Å². The number of methoxy groups -OCH3 is 4. The van der Waals surface area contributed by atoms with Crippen molar-refractivity contribution in [3.8, 4) is 0 Å². The third-order valence-corrected chi connectivity index (χ3v) is 15.3. The van der Waals surface area contributed by atoms with Crippen molar-refractivity contribution >= 4 is 17.7 Å². The van der Waals surface area contributed by atoms with Crippen molar-refractivity contribution in [3.63, 3.8) is 0 Å². The third kappa shape index (κ3) is 31.5. The number of aliphatic hydroxyl groups is 4. The lowest BCUT2D eigenvalue weighted by Gasteiger charge is -2.32. The summed E-state index contributed by atoms with van der Waals surface area (Å²) >= 11 is 0. The first kappa shape index (κ1) is 65.3. The van der Waals surface area contributed by atoms with Crippen LogP contribution in [0.3, 0.4) is 0 Å². The maximum Gasteiger partial charge on any atom is 0.305 e. The smallest absolute Gasteiger partial charge is 0.305 e. The van der Waals surface area contributed by atoms with Crippen molar-refractivity contribution in [2.24, 2.45) is 29.6 Å². The molecule has 0 spiro atoms. The van der Waals surface area contributed by atoms with E-state index in [1.807, 2.05) is 6.92 Å². The number of esters is 2. The van der Waals surface area contributed by atoms with Crippen molar-refractivity contribution in [1.82, 2.24) is 0 Å². The van der Waals surface area contributed by atoms with E-state index in [-0.39, 0.29) is 60.4 Å². The molecule has 13 nitrogen and oxygen atoms in total. The molecular formula is C56H106O13. The minimum Gasteiger partial charge on any atom is -0.466 e. The highest BCUT2D eigenvalue weighted by molar-refractivity contribution is 5.75. The maximum atomic E-state index is 11.9. The molecule has 0 aromatic rings. The van der Waals surface area contributed by atoms with Gasteiger partial charge in [0.25, 0.3) is 0 Å². The number of carbonyl (C=O) groups is 3. The highest BCUT2D eigenvalue weighted by atomic mass is 16.5. The largest absolute Gasteiger partial charge is 0.466 e. The predicted octanol–water partition coefficient (Wildman–Crippen LogP) is 10.7. The lowest BCUT2D eigenvalue weighted by atomic mass is 9.82. The van der Waals surface area contributed by atoms with Crippen LogP contribution in [0.15, 0.2) is 0 Å². The monoisotopic (exact) mass is 987 g/mol. The van der Waals surface area contributed by atoms with Crippen LogP contribution in [0.5, 0.6) is 0 Å². The number of unbranched alkanes of at least 4 members (excludes halogenated alkanes) is 3. The van der Waals surface area contributed by atoms with Gasteiger partial charge < -0.3 is 53.6 Å². The first-order valence-electron chi connectivity index (χ1n) is 27.8.